The molecule has 0 bridgehead atoms. The molecular weight excluding hydrogens is 938 g/mol. The van der Waals surface area contributed by atoms with Gasteiger partial charge in [-0.25, -0.2) is 4.98 Å². The predicted molar refractivity (Wildman–Crippen MR) is 231 cm³/mol. The molecule has 59 heavy (non-hydrogen) atoms. The van der Waals surface area contributed by atoms with Gasteiger partial charge in [-0.3, -0.25) is 4.98 Å². The maximum Gasteiger partial charge on any atom is 0.433 e. The summed E-state index contributed by atoms with van der Waals surface area (Å²) in [7, 11) is -1.34. The number of fused-ring (bicyclic) bond motifs is 4. The number of halogens is 3. The first-order valence-corrected chi connectivity index (χ1v) is 22.8. The molecule has 0 amide bonds. The van der Waals surface area contributed by atoms with Gasteiger partial charge in [-0.15, -0.1) is 54.1 Å². The van der Waals surface area contributed by atoms with Gasteiger partial charge in [0.15, 0.2) is 0 Å². The summed E-state index contributed by atoms with van der Waals surface area (Å²) in [6.45, 7) is 11.7. The molecule has 0 spiro atoms. The van der Waals surface area contributed by atoms with Crippen molar-refractivity contribution in [3.8, 4) is 39.5 Å². The van der Waals surface area contributed by atoms with E-state index in [1.807, 2.05) is 77.4 Å². The van der Waals surface area contributed by atoms with Crippen LogP contribution in [0.25, 0.3) is 72.6 Å². The fourth-order valence-corrected chi connectivity index (χ4v) is 8.91. The van der Waals surface area contributed by atoms with Crippen molar-refractivity contribution in [1.82, 2.24) is 19.5 Å². The number of imidazole rings is 1. The molecule has 0 aliphatic carbocycles. The van der Waals surface area contributed by atoms with Crippen LogP contribution in [0.15, 0.2) is 144 Å². The maximum atomic E-state index is 13.3. The third-order valence-electron chi connectivity index (χ3n) is 10.0. The fourth-order valence-electron chi connectivity index (χ4n) is 7.32. The summed E-state index contributed by atoms with van der Waals surface area (Å²) in [4.78, 5) is 13.3. The number of pyridine rings is 2. The second-order valence-electron chi connectivity index (χ2n) is 15.8. The van der Waals surface area contributed by atoms with E-state index in [-0.39, 0.29) is 25.8 Å². The van der Waals surface area contributed by atoms with Crippen LogP contribution in [0.5, 0.6) is 0 Å². The van der Waals surface area contributed by atoms with Crippen molar-refractivity contribution in [1.29, 1.82) is 0 Å². The Balaban J connectivity index is 0.000000214. The van der Waals surface area contributed by atoms with Gasteiger partial charge in [0, 0.05) is 37.4 Å². The third kappa shape index (κ3) is 8.71. The normalized spacial score (nSPS) is 11.8. The number of furan rings is 1. The topological polar surface area (TPSA) is 56.7 Å². The Morgan fingerprint density at radius 1 is 0.746 bits per heavy atom. The van der Waals surface area contributed by atoms with Crippen LogP contribution >= 0.6 is 0 Å². The van der Waals surface area contributed by atoms with Crippen LogP contribution in [0.1, 0.15) is 25.1 Å². The second kappa shape index (κ2) is 16.9. The zero-order chi connectivity index (χ0) is 40.6. The minimum Gasteiger partial charge on any atom is -0.486 e. The van der Waals surface area contributed by atoms with Crippen molar-refractivity contribution >= 4 is 46.4 Å². The van der Waals surface area contributed by atoms with E-state index in [9.17, 15) is 13.2 Å². The van der Waals surface area contributed by atoms with Crippen molar-refractivity contribution in [2.45, 2.75) is 46.1 Å². The van der Waals surface area contributed by atoms with E-state index in [4.69, 9.17) is 9.40 Å². The average molecular weight is 979 g/mol. The summed E-state index contributed by atoms with van der Waals surface area (Å²) >= 11 is 0. The standard InChI is InChI=1S/C31H17F3N3O.C18H24NSi.Ir/c32-31(33,34)27-18-17-23-22-9-6-10-24(28(22)38-30(23)36-27)29-35-25-11-4-5-12-26(25)37(29)21-15-13-20(14-16-21)19-7-2-1-3-8-19;1-14(2)11-16-12-17(15-9-7-6-8-10-15)19-13-18(16)20(3,4)5;/h1-9,11-18H;6-9,12-14H,11H2,1-5H3;/q2*-1;. The average Bonchev–Trinajstić information content (AvgIpc) is 3.79. The Morgan fingerprint density at radius 3 is 2.15 bits per heavy atom. The van der Waals surface area contributed by atoms with Gasteiger partial charge in [0.1, 0.15) is 5.69 Å². The molecule has 0 aliphatic rings. The van der Waals surface area contributed by atoms with Gasteiger partial charge in [-0.2, -0.15) is 13.2 Å². The van der Waals surface area contributed by atoms with E-state index < -0.39 is 19.9 Å². The van der Waals surface area contributed by atoms with E-state index in [2.05, 4.69) is 98.2 Å². The van der Waals surface area contributed by atoms with Crippen LogP contribution in [-0.4, -0.2) is 27.6 Å². The Labute approximate surface area is 356 Å². The van der Waals surface area contributed by atoms with Crippen LogP contribution < -0.4 is 5.19 Å². The van der Waals surface area contributed by atoms with Crippen LogP contribution in [0.2, 0.25) is 19.6 Å². The minimum absolute atomic E-state index is 0. The van der Waals surface area contributed by atoms with Crippen LogP contribution in [-0.2, 0) is 32.7 Å². The van der Waals surface area contributed by atoms with Crippen molar-refractivity contribution < 1.29 is 37.7 Å². The molecule has 0 aliphatic heterocycles. The van der Waals surface area contributed by atoms with Crippen molar-refractivity contribution in [3.05, 3.63) is 163 Å². The molecule has 0 fully saturated rings. The van der Waals surface area contributed by atoms with Crippen molar-refractivity contribution in [2.75, 3.05) is 0 Å². The number of nitrogens with zero attached hydrogens (tertiary/aromatic N) is 4. The molecule has 10 heteroatoms. The Morgan fingerprint density at radius 2 is 1.46 bits per heavy atom. The van der Waals surface area contributed by atoms with Crippen LogP contribution in [0.4, 0.5) is 13.2 Å². The third-order valence-corrected chi connectivity index (χ3v) is 12.1. The number of benzene rings is 5. The van der Waals surface area contributed by atoms with Crippen LogP contribution in [0.3, 0.4) is 0 Å². The molecule has 299 valence electrons. The summed E-state index contributed by atoms with van der Waals surface area (Å²) in [5.41, 5.74) is 8.17. The van der Waals surface area contributed by atoms with Gasteiger partial charge in [-0.1, -0.05) is 111 Å². The molecule has 9 aromatic rings. The minimum atomic E-state index is -4.57. The molecular formula is C49H41F3IrN4OSi-2. The van der Waals surface area contributed by atoms with Gasteiger partial charge < -0.3 is 14.0 Å². The number of hydrogen-bond donors (Lipinski definition) is 0. The first kappa shape index (κ1) is 41.5. The van der Waals surface area contributed by atoms with E-state index in [0.29, 0.717) is 33.7 Å². The van der Waals surface area contributed by atoms with E-state index >= 15 is 0 Å². The molecule has 0 saturated heterocycles. The fraction of sp³-hybridized carbons (Fsp3) is 0.163. The van der Waals surface area contributed by atoms with E-state index in [1.165, 1.54) is 16.8 Å². The van der Waals surface area contributed by atoms with E-state index in [1.54, 1.807) is 12.1 Å². The summed E-state index contributed by atoms with van der Waals surface area (Å²) in [6.07, 6.45) is -1.33. The Hall–Kier alpha value is -5.67. The molecule has 0 atom stereocenters. The Kier molecular flexibility index (Phi) is 11.9. The largest absolute Gasteiger partial charge is 0.486 e. The summed E-state index contributed by atoms with van der Waals surface area (Å²) in [5, 5.41) is 2.64. The summed E-state index contributed by atoms with van der Waals surface area (Å²) in [6, 6.07) is 48.7. The quantitative estimate of drug-likeness (QED) is 0.118. The molecule has 5 nitrogen and oxygen atoms in total. The number of aromatic nitrogens is 4. The smallest absolute Gasteiger partial charge is 0.433 e. The SMILES string of the molecule is CC(C)Cc1cc(-c2[c-]cccc2)ncc1[Si](C)(C)C.FC(F)(F)c1ccc2c(n1)oc1c(-c3nc4ccccc4n3-c3ccc(-c4ccccc4)cc3)[c-]ccc12.[Ir]. The molecule has 4 aromatic heterocycles. The maximum absolute atomic E-state index is 13.3. The first-order chi connectivity index (χ1) is 27.8. The second-order valence-corrected chi connectivity index (χ2v) is 20.8. The summed E-state index contributed by atoms with van der Waals surface area (Å²) < 4.78 is 47.8. The zero-order valence-electron chi connectivity index (χ0n) is 33.2. The molecule has 4 heterocycles. The number of hydrogen-bond acceptors (Lipinski definition) is 4. The van der Waals surface area contributed by atoms with Gasteiger partial charge in [0.25, 0.3) is 0 Å². The van der Waals surface area contributed by atoms with Crippen LogP contribution in [0, 0.1) is 18.1 Å². The zero-order valence-corrected chi connectivity index (χ0v) is 36.6. The molecule has 0 unspecified atom stereocenters. The first-order valence-electron chi connectivity index (χ1n) is 19.3. The predicted octanol–water partition coefficient (Wildman–Crippen LogP) is 12.8. The van der Waals surface area contributed by atoms with Gasteiger partial charge in [-0.05, 0) is 70.7 Å². The van der Waals surface area contributed by atoms with E-state index in [0.717, 1.165) is 51.6 Å². The Bertz CT molecular complexity index is 2870. The number of alkyl halides is 3. The number of rotatable bonds is 7. The molecule has 0 N–H and O–H groups in total. The molecule has 5 aromatic carbocycles. The monoisotopic (exact) mass is 979 g/mol. The van der Waals surface area contributed by atoms with Gasteiger partial charge in [0.2, 0.25) is 5.71 Å². The number of para-hydroxylation sites is 2. The van der Waals surface area contributed by atoms with Gasteiger partial charge in [0.05, 0.1) is 30.5 Å². The molecule has 1 radical (unpaired) electrons. The van der Waals surface area contributed by atoms with Crippen molar-refractivity contribution in [2.24, 2.45) is 5.92 Å². The molecule has 0 saturated carbocycles. The van der Waals surface area contributed by atoms with Gasteiger partial charge >= 0.3 is 6.18 Å². The summed E-state index contributed by atoms with van der Waals surface area (Å²) in [5.74, 6) is 1.24. The molecule has 9 rings (SSSR count). The van der Waals surface area contributed by atoms with Crippen molar-refractivity contribution in [3.63, 3.8) is 0 Å².